The third kappa shape index (κ3) is 3.46. The summed E-state index contributed by atoms with van der Waals surface area (Å²) in [5.41, 5.74) is 1.29. The Morgan fingerprint density at radius 3 is 2.57 bits per heavy atom. The predicted molar refractivity (Wildman–Crippen MR) is 81.8 cm³/mol. The minimum Gasteiger partial charge on any atom is -0.480 e. The van der Waals surface area contributed by atoms with Crippen molar-refractivity contribution in [1.82, 2.24) is 5.32 Å². The van der Waals surface area contributed by atoms with Gasteiger partial charge in [0.2, 0.25) is 0 Å². The van der Waals surface area contributed by atoms with Gasteiger partial charge in [-0.15, -0.1) is 11.3 Å². The van der Waals surface area contributed by atoms with Crippen molar-refractivity contribution in [2.45, 2.75) is 57.4 Å². The number of carboxylic acid groups (broad SMARTS) is 1. The Bertz CT molecular complexity index is 522. The van der Waals surface area contributed by atoms with E-state index in [1.807, 2.05) is 6.07 Å². The van der Waals surface area contributed by atoms with Crippen LogP contribution in [0.15, 0.2) is 6.07 Å². The number of amides is 1. The van der Waals surface area contributed by atoms with Gasteiger partial charge in [0.1, 0.15) is 6.04 Å². The van der Waals surface area contributed by atoms with Crippen LogP contribution in [-0.4, -0.2) is 23.0 Å². The molecule has 0 aliphatic heterocycles. The fourth-order valence-electron chi connectivity index (χ4n) is 2.98. The van der Waals surface area contributed by atoms with Gasteiger partial charge >= 0.3 is 5.97 Å². The van der Waals surface area contributed by atoms with E-state index in [1.165, 1.54) is 36.1 Å². The Morgan fingerprint density at radius 2 is 1.90 bits per heavy atom. The summed E-state index contributed by atoms with van der Waals surface area (Å²) in [7, 11) is 0. The van der Waals surface area contributed by atoms with Crippen molar-refractivity contribution >= 4 is 23.2 Å². The molecule has 1 saturated carbocycles. The summed E-state index contributed by atoms with van der Waals surface area (Å²) in [6.07, 6.45) is 8.80. The van der Waals surface area contributed by atoms with Crippen molar-refractivity contribution in [2.24, 2.45) is 5.92 Å². The van der Waals surface area contributed by atoms with E-state index in [-0.39, 0.29) is 11.8 Å². The number of carboxylic acids is 1. The number of fused-ring (bicyclic) bond motifs is 1. The molecule has 1 aromatic heterocycles. The number of carbonyl (C=O) groups excluding carboxylic acids is 1. The maximum atomic E-state index is 12.3. The zero-order chi connectivity index (χ0) is 14.8. The molecule has 4 nitrogen and oxygen atoms in total. The largest absolute Gasteiger partial charge is 0.480 e. The number of hydrogen-bond acceptors (Lipinski definition) is 3. The fraction of sp³-hybridized carbons (Fsp3) is 0.625. The monoisotopic (exact) mass is 307 g/mol. The second-order valence-electron chi connectivity index (χ2n) is 6.10. The Balaban J connectivity index is 1.72. The van der Waals surface area contributed by atoms with Crippen LogP contribution in [0.25, 0.3) is 0 Å². The first kappa shape index (κ1) is 14.6. The minimum absolute atomic E-state index is 0.118. The molecule has 21 heavy (non-hydrogen) atoms. The maximum Gasteiger partial charge on any atom is 0.326 e. The van der Waals surface area contributed by atoms with Crippen molar-refractivity contribution in [2.75, 3.05) is 0 Å². The van der Waals surface area contributed by atoms with Crippen molar-refractivity contribution < 1.29 is 14.7 Å². The molecule has 2 aliphatic carbocycles. The van der Waals surface area contributed by atoms with E-state index in [1.54, 1.807) is 11.3 Å². The molecule has 0 radical (unpaired) electrons. The normalized spacial score (nSPS) is 20.0. The lowest BCUT2D eigenvalue weighted by Crippen LogP contribution is -2.42. The fourth-order valence-corrected chi connectivity index (χ4v) is 4.14. The summed E-state index contributed by atoms with van der Waals surface area (Å²) < 4.78 is 0. The Labute approximate surface area is 128 Å². The molecule has 1 atom stereocenters. The Hall–Kier alpha value is -1.36. The summed E-state index contributed by atoms with van der Waals surface area (Å²) in [5.74, 6) is -1.01. The first-order valence-corrected chi connectivity index (χ1v) is 8.62. The molecule has 2 N–H and O–H groups in total. The molecule has 1 fully saturated rings. The molecule has 0 saturated heterocycles. The SMILES string of the molecule is O=C(NC(C(=O)O)C1CC1)c1cc2c(s1)CCCCCC2. The lowest BCUT2D eigenvalue weighted by atomic mass is 10.00. The minimum atomic E-state index is -0.916. The van der Waals surface area contributed by atoms with Crippen LogP contribution >= 0.6 is 11.3 Å². The summed E-state index contributed by atoms with van der Waals surface area (Å²) in [6, 6.07) is 1.26. The van der Waals surface area contributed by atoms with Gasteiger partial charge in [0.05, 0.1) is 4.88 Å². The van der Waals surface area contributed by atoms with E-state index < -0.39 is 12.0 Å². The van der Waals surface area contributed by atoms with Crippen LogP contribution in [0.4, 0.5) is 0 Å². The van der Waals surface area contributed by atoms with Crippen molar-refractivity contribution in [1.29, 1.82) is 0 Å². The number of rotatable bonds is 4. The third-order valence-corrected chi connectivity index (χ3v) is 5.60. The van der Waals surface area contributed by atoms with Gasteiger partial charge in [0.25, 0.3) is 5.91 Å². The van der Waals surface area contributed by atoms with Gasteiger partial charge in [-0.1, -0.05) is 12.8 Å². The summed E-state index contributed by atoms with van der Waals surface area (Å²) in [5, 5.41) is 11.9. The van der Waals surface area contributed by atoms with Crippen LogP contribution in [0, 0.1) is 5.92 Å². The van der Waals surface area contributed by atoms with Crippen LogP contribution in [0.1, 0.15) is 58.6 Å². The van der Waals surface area contributed by atoms with Gasteiger partial charge in [-0.25, -0.2) is 4.79 Å². The van der Waals surface area contributed by atoms with Crippen molar-refractivity contribution in [3.63, 3.8) is 0 Å². The maximum absolute atomic E-state index is 12.3. The molecule has 1 aromatic rings. The van der Waals surface area contributed by atoms with Crippen LogP contribution < -0.4 is 5.32 Å². The lowest BCUT2D eigenvalue weighted by Gasteiger charge is -2.12. The molecule has 5 heteroatoms. The molecule has 1 amide bonds. The number of nitrogens with one attached hydrogen (secondary N) is 1. The zero-order valence-electron chi connectivity index (χ0n) is 12.1. The number of aryl methyl sites for hydroxylation is 2. The van der Waals surface area contributed by atoms with Gasteiger partial charge in [0.15, 0.2) is 0 Å². The van der Waals surface area contributed by atoms with E-state index in [2.05, 4.69) is 5.32 Å². The molecule has 114 valence electrons. The Kier molecular flexibility index (Phi) is 4.29. The van der Waals surface area contributed by atoms with Crippen LogP contribution in [0.2, 0.25) is 0 Å². The number of carbonyl (C=O) groups is 2. The highest BCUT2D eigenvalue weighted by molar-refractivity contribution is 7.14. The third-order valence-electron chi connectivity index (χ3n) is 4.37. The molecular weight excluding hydrogens is 286 g/mol. The second kappa shape index (κ2) is 6.18. The van der Waals surface area contributed by atoms with E-state index in [4.69, 9.17) is 0 Å². The molecule has 2 aliphatic rings. The first-order chi connectivity index (χ1) is 10.1. The van der Waals surface area contributed by atoms with Gasteiger partial charge in [0, 0.05) is 4.88 Å². The Morgan fingerprint density at radius 1 is 1.19 bits per heavy atom. The molecule has 0 aromatic carbocycles. The zero-order valence-corrected chi connectivity index (χ0v) is 12.9. The quantitative estimate of drug-likeness (QED) is 0.898. The predicted octanol–water partition coefficient (Wildman–Crippen LogP) is 3.00. The van der Waals surface area contributed by atoms with E-state index in [9.17, 15) is 14.7 Å². The standard InChI is InChI=1S/C16H21NO3S/c18-15(17-14(16(19)20)10-7-8-10)13-9-11-5-3-1-2-4-6-12(11)21-13/h9-10,14H,1-8H2,(H,17,18)(H,19,20). The molecule has 0 spiro atoms. The smallest absolute Gasteiger partial charge is 0.326 e. The molecule has 3 rings (SSSR count). The van der Waals surface area contributed by atoms with Gasteiger partial charge in [-0.3, -0.25) is 4.79 Å². The average molecular weight is 307 g/mol. The molecular formula is C16H21NO3S. The topological polar surface area (TPSA) is 66.4 Å². The van der Waals surface area contributed by atoms with E-state index in [0.29, 0.717) is 4.88 Å². The highest BCUT2D eigenvalue weighted by Crippen LogP contribution is 2.33. The first-order valence-electron chi connectivity index (χ1n) is 7.80. The van der Waals surface area contributed by atoms with Crippen LogP contribution in [0.3, 0.4) is 0 Å². The number of thiophene rings is 1. The van der Waals surface area contributed by atoms with Gasteiger partial charge in [-0.05, 0) is 56.1 Å². The number of hydrogen-bond donors (Lipinski definition) is 2. The average Bonchev–Trinajstić information content (AvgIpc) is 3.18. The summed E-state index contributed by atoms with van der Waals surface area (Å²) in [6.45, 7) is 0. The summed E-state index contributed by atoms with van der Waals surface area (Å²) >= 11 is 1.55. The van der Waals surface area contributed by atoms with Gasteiger partial charge in [-0.2, -0.15) is 0 Å². The van der Waals surface area contributed by atoms with Crippen molar-refractivity contribution in [3.05, 3.63) is 21.4 Å². The van der Waals surface area contributed by atoms with Gasteiger partial charge < -0.3 is 10.4 Å². The lowest BCUT2D eigenvalue weighted by molar-refractivity contribution is -0.139. The van der Waals surface area contributed by atoms with Crippen molar-refractivity contribution in [3.8, 4) is 0 Å². The highest BCUT2D eigenvalue weighted by atomic mass is 32.1. The molecule has 1 unspecified atom stereocenters. The highest BCUT2D eigenvalue weighted by Gasteiger charge is 2.37. The van der Waals surface area contributed by atoms with E-state index in [0.717, 1.165) is 25.7 Å². The summed E-state index contributed by atoms with van der Waals surface area (Å²) in [4.78, 5) is 25.5. The second-order valence-corrected chi connectivity index (χ2v) is 7.24. The molecule has 0 bridgehead atoms. The van der Waals surface area contributed by atoms with Crippen LogP contribution in [-0.2, 0) is 17.6 Å². The van der Waals surface area contributed by atoms with E-state index >= 15 is 0 Å². The van der Waals surface area contributed by atoms with Crippen LogP contribution in [0.5, 0.6) is 0 Å². The number of aliphatic carboxylic acids is 1. The molecule has 1 heterocycles.